The van der Waals surface area contributed by atoms with E-state index in [0.717, 1.165) is 24.8 Å². The Morgan fingerprint density at radius 3 is 2.13 bits per heavy atom. The fourth-order valence-electron chi connectivity index (χ4n) is 4.14. The van der Waals surface area contributed by atoms with Gasteiger partial charge in [0.2, 0.25) is 0 Å². The summed E-state index contributed by atoms with van der Waals surface area (Å²) in [7, 11) is -2.50. The molecule has 0 aliphatic rings. The number of hydrogen-bond donors (Lipinski definition) is 1. The molecule has 0 radical (unpaired) electrons. The second-order valence-electron chi connectivity index (χ2n) is 8.94. The maximum atomic E-state index is 13.9. The summed E-state index contributed by atoms with van der Waals surface area (Å²) in [5, 5.41) is 2.93. The van der Waals surface area contributed by atoms with Gasteiger partial charge in [0, 0.05) is 5.69 Å². The molecule has 0 spiro atoms. The number of benzene rings is 4. The number of rotatable bonds is 11. The van der Waals surface area contributed by atoms with Crippen molar-refractivity contribution in [1.82, 2.24) is 0 Å². The average molecular weight is 529 g/mol. The number of nitrogens with zero attached hydrogens (tertiary/aromatic N) is 1. The first-order valence-corrected chi connectivity index (χ1v) is 14.1. The van der Waals surface area contributed by atoms with Crippen LogP contribution in [0.2, 0.25) is 0 Å². The molecule has 7 heteroatoms. The fraction of sp³-hybridized carbons (Fsp3) is 0.194. The number of para-hydroxylation sites is 1. The molecule has 0 unspecified atom stereocenters. The van der Waals surface area contributed by atoms with E-state index in [-0.39, 0.29) is 22.9 Å². The highest BCUT2D eigenvalue weighted by molar-refractivity contribution is 7.92. The van der Waals surface area contributed by atoms with Crippen LogP contribution < -0.4 is 14.4 Å². The van der Waals surface area contributed by atoms with Gasteiger partial charge in [0.15, 0.2) is 0 Å². The van der Waals surface area contributed by atoms with Crippen molar-refractivity contribution in [1.29, 1.82) is 0 Å². The Morgan fingerprint density at radius 1 is 0.816 bits per heavy atom. The van der Waals surface area contributed by atoms with Crippen LogP contribution in [0, 0.1) is 0 Å². The predicted molar refractivity (Wildman–Crippen MR) is 152 cm³/mol. The molecule has 0 atom stereocenters. The highest BCUT2D eigenvalue weighted by atomic mass is 32.2. The standard InChI is InChI=1S/C31H32N2O4S/c1-3-4-10-24-15-17-26(18-16-24)32-31(34)29-13-8-9-14-30(29)33(23-25-11-6-5-7-12-25)38(35,36)28-21-19-27(37-2)20-22-28/h5-9,11-22H,3-4,10,23H2,1-2H3,(H,32,34). The second-order valence-corrected chi connectivity index (χ2v) is 10.8. The molecule has 0 saturated heterocycles. The molecule has 0 aromatic heterocycles. The largest absolute Gasteiger partial charge is 0.497 e. The van der Waals surface area contributed by atoms with E-state index >= 15 is 0 Å². The minimum Gasteiger partial charge on any atom is -0.497 e. The third-order valence-electron chi connectivity index (χ3n) is 6.26. The zero-order valence-electron chi connectivity index (χ0n) is 21.6. The van der Waals surface area contributed by atoms with Gasteiger partial charge in [0.05, 0.1) is 29.8 Å². The summed E-state index contributed by atoms with van der Waals surface area (Å²) in [6, 6.07) is 30.1. The van der Waals surface area contributed by atoms with E-state index in [9.17, 15) is 13.2 Å². The van der Waals surface area contributed by atoms with E-state index in [2.05, 4.69) is 12.2 Å². The van der Waals surface area contributed by atoms with Crippen LogP contribution in [-0.4, -0.2) is 21.4 Å². The normalized spacial score (nSPS) is 11.1. The molecule has 4 aromatic carbocycles. The number of sulfonamides is 1. The van der Waals surface area contributed by atoms with Crippen LogP contribution in [0.25, 0.3) is 0 Å². The lowest BCUT2D eigenvalue weighted by Gasteiger charge is -2.26. The fourth-order valence-corrected chi connectivity index (χ4v) is 5.61. The van der Waals surface area contributed by atoms with E-state index in [4.69, 9.17) is 4.74 Å². The van der Waals surface area contributed by atoms with Crippen LogP contribution in [0.5, 0.6) is 5.75 Å². The van der Waals surface area contributed by atoms with Crippen molar-refractivity contribution in [3.63, 3.8) is 0 Å². The number of carbonyl (C=O) groups excluding carboxylic acids is 1. The molecule has 4 aromatic rings. The van der Waals surface area contributed by atoms with Crippen molar-refractivity contribution < 1.29 is 17.9 Å². The van der Waals surface area contributed by atoms with Crippen LogP contribution in [0.4, 0.5) is 11.4 Å². The van der Waals surface area contributed by atoms with Gasteiger partial charge in [-0.15, -0.1) is 0 Å². The molecule has 1 amide bonds. The lowest BCUT2D eigenvalue weighted by molar-refractivity contribution is 0.102. The smallest absolute Gasteiger partial charge is 0.264 e. The van der Waals surface area contributed by atoms with Gasteiger partial charge in [-0.1, -0.05) is 67.9 Å². The molecule has 0 aliphatic carbocycles. The molecule has 1 N–H and O–H groups in total. The first-order valence-electron chi connectivity index (χ1n) is 12.6. The monoisotopic (exact) mass is 528 g/mol. The highest BCUT2D eigenvalue weighted by Gasteiger charge is 2.28. The van der Waals surface area contributed by atoms with Gasteiger partial charge >= 0.3 is 0 Å². The molecule has 0 bridgehead atoms. The Labute approximate surface area is 225 Å². The number of nitrogens with one attached hydrogen (secondary N) is 1. The SMILES string of the molecule is CCCCc1ccc(NC(=O)c2ccccc2N(Cc2ccccc2)S(=O)(=O)c2ccc(OC)cc2)cc1. The van der Waals surface area contributed by atoms with Crippen molar-refractivity contribution in [2.75, 3.05) is 16.7 Å². The van der Waals surface area contributed by atoms with E-state index < -0.39 is 10.0 Å². The van der Waals surface area contributed by atoms with Crippen LogP contribution >= 0.6 is 0 Å². The van der Waals surface area contributed by atoms with Crippen LogP contribution in [-0.2, 0) is 23.0 Å². The summed E-state index contributed by atoms with van der Waals surface area (Å²) < 4.78 is 34.4. The lowest BCUT2D eigenvalue weighted by Crippen LogP contribution is -2.32. The van der Waals surface area contributed by atoms with Crippen molar-refractivity contribution in [3.05, 3.63) is 120 Å². The summed E-state index contributed by atoms with van der Waals surface area (Å²) >= 11 is 0. The third-order valence-corrected chi connectivity index (χ3v) is 8.04. The van der Waals surface area contributed by atoms with Gasteiger partial charge in [-0.2, -0.15) is 0 Å². The van der Waals surface area contributed by atoms with E-state index in [1.54, 1.807) is 36.4 Å². The maximum absolute atomic E-state index is 13.9. The molecule has 6 nitrogen and oxygen atoms in total. The Bertz CT molecular complexity index is 1450. The minimum absolute atomic E-state index is 0.0611. The lowest BCUT2D eigenvalue weighted by atomic mass is 10.1. The molecule has 4 rings (SSSR count). The number of methoxy groups -OCH3 is 1. The summed E-state index contributed by atoms with van der Waals surface area (Å²) in [6.07, 6.45) is 3.22. The Hall–Kier alpha value is -4.10. The molecule has 0 heterocycles. The van der Waals surface area contributed by atoms with Crippen molar-refractivity contribution in [2.45, 2.75) is 37.6 Å². The predicted octanol–water partition coefficient (Wildman–Crippen LogP) is 6.69. The number of carbonyl (C=O) groups is 1. The second kappa shape index (κ2) is 12.4. The third kappa shape index (κ3) is 6.42. The summed E-state index contributed by atoms with van der Waals surface area (Å²) in [5.41, 5.74) is 3.21. The summed E-state index contributed by atoms with van der Waals surface area (Å²) in [4.78, 5) is 13.6. The Balaban J connectivity index is 1.70. The number of unbranched alkanes of at least 4 members (excludes halogenated alkanes) is 1. The molecular formula is C31H32N2O4S. The molecule has 0 fully saturated rings. The van der Waals surface area contributed by atoms with Gasteiger partial charge in [0.25, 0.3) is 15.9 Å². The van der Waals surface area contributed by atoms with Crippen molar-refractivity contribution in [3.8, 4) is 5.75 Å². The first-order chi connectivity index (χ1) is 18.4. The Kier molecular flexibility index (Phi) is 8.81. The highest BCUT2D eigenvalue weighted by Crippen LogP contribution is 2.30. The number of hydrogen-bond acceptors (Lipinski definition) is 4. The van der Waals surface area contributed by atoms with Gasteiger partial charge in [-0.3, -0.25) is 9.10 Å². The van der Waals surface area contributed by atoms with Gasteiger partial charge < -0.3 is 10.1 Å². The first kappa shape index (κ1) is 26.9. The zero-order valence-corrected chi connectivity index (χ0v) is 22.4. The van der Waals surface area contributed by atoms with Gasteiger partial charge in [-0.25, -0.2) is 8.42 Å². The molecule has 38 heavy (non-hydrogen) atoms. The molecular weight excluding hydrogens is 496 g/mol. The minimum atomic E-state index is -4.02. The topological polar surface area (TPSA) is 75.7 Å². The van der Waals surface area contributed by atoms with Crippen molar-refractivity contribution in [2.24, 2.45) is 0 Å². The van der Waals surface area contributed by atoms with Crippen LogP contribution in [0.3, 0.4) is 0 Å². The quantitative estimate of drug-likeness (QED) is 0.235. The van der Waals surface area contributed by atoms with Gasteiger partial charge in [-0.05, 0) is 72.5 Å². The van der Waals surface area contributed by atoms with Crippen LogP contribution in [0.15, 0.2) is 108 Å². The van der Waals surface area contributed by atoms with Gasteiger partial charge in [0.1, 0.15) is 5.75 Å². The molecule has 0 saturated carbocycles. The summed E-state index contributed by atoms with van der Waals surface area (Å²) in [5.74, 6) is 0.170. The van der Waals surface area contributed by atoms with Crippen LogP contribution in [0.1, 0.15) is 41.3 Å². The maximum Gasteiger partial charge on any atom is 0.264 e. The van der Waals surface area contributed by atoms with E-state index in [0.29, 0.717) is 17.1 Å². The summed E-state index contributed by atoms with van der Waals surface area (Å²) in [6.45, 7) is 2.22. The number of amides is 1. The number of aryl methyl sites for hydroxylation is 1. The Morgan fingerprint density at radius 2 is 1.47 bits per heavy atom. The zero-order chi connectivity index (χ0) is 27.0. The molecule has 0 aliphatic heterocycles. The van der Waals surface area contributed by atoms with E-state index in [1.165, 1.54) is 29.1 Å². The van der Waals surface area contributed by atoms with Crippen molar-refractivity contribution >= 4 is 27.3 Å². The molecule has 196 valence electrons. The number of anilines is 2. The number of ether oxygens (including phenoxy) is 1. The average Bonchev–Trinajstić information content (AvgIpc) is 2.96. The van der Waals surface area contributed by atoms with E-state index in [1.807, 2.05) is 54.6 Å².